The number of aromatic nitrogens is 2. The predicted molar refractivity (Wildman–Crippen MR) is 61.5 cm³/mol. The van der Waals surface area contributed by atoms with E-state index >= 15 is 0 Å². The summed E-state index contributed by atoms with van der Waals surface area (Å²) in [4.78, 5) is 10.7. The fraction of sp³-hybridized carbons (Fsp3) is 0.500. The van der Waals surface area contributed by atoms with Gasteiger partial charge < -0.3 is 10.4 Å². The van der Waals surface area contributed by atoms with E-state index in [-0.39, 0.29) is 18.4 Å². The monoisotopic (exact) mass is 243 g/mol. The molecule has 0 fully saturated rings. The Hall–Kier alpha value is -1.36. The molecule has 0 aliphatic carbocycles. The van der Waals surface area contributed by atoms with Crippen molar-refractivity contribution in [2.45, 2.75) is 26.3 Å². The van der Waals surface area contributed by atoms with E-state index < -0.39 is 5.97 Å². The standard InChI is InChI=1S/C10H14ClN3O2/c1-6(2)7(5-10(15)16)12-9-4-3-8(11)13-14-9/h3-4,6-7H,5H2,1-2H3,(H,12,14)(H,15,16). The van der Waals surface area contributed by atoms with Crippen molar-refractivity contribution in [2.24, 2.45) is 5.92 Å². The minimum Gasteiger partial charge on any atom is -0.481 e. The fourth-order valence-corrected chi connectivity index (χ4v) is 1.33. The summed E-state index contributed by atoms with van der Waals surface area (Å²) in [6.45, 7) is 3.90. The Bertz CT molecular complexity index is 354. The first-order valence-electron chi connectivity index (χ1n) is 4.96. The van der Waals surface area contributed by atoms with E-state index in [2.05, 4.69) is 15.5 Å². The normalized spacial score (nSPS) is 12.5. The Balaban J connectivity index is 2.67. The molecule has 1 atom stereocenters. The lowest BCUT2D eigenvalue weighted by atomic mass is 10.0. The first-order valence-corrected chi connectivity index (χ1v) is 5.34. The predicted octanol–water partition coefficient (Wildman–Crippen LogP) is 2.04. The number of anilines is 1. The van der Waals surface area contributed by atoms with Crippen molar-refractivity contribution in [1.29, 1.82) is 0 Å². The Labute approximate surface area is 98.8 Å². The van der Waals surface area contributed by atoms with Gasteiger partial charge in [-0.15, -0.1) is 10.2 Å². The van der Waals surface area contributed by atoms with Crippen LogP contribution in [0.1, 0.15) is 20.3 Å². The molecule has 2 N–H and O–H groups in total. The first kappa shape index (κ1) is 12.7. The zero-order valence-corrected chi connectivity index (χ0v) is 9.90. The maximum absolute atomic E-state index is 10.7. The lowest BCUT2D eigenvalue weighted by Gasteiger charge is -2.20. The second-order valence-corrected chi connectivity index (χ2v) is 4.22. The van der Waals surface area contributed by atoms with Gasteiger partial charge in [0, 0.05) is 6.04 Å². The van der Waals surface area contributed by atoms with Crippen LogP contribution in [-0.2, 0) is 4.79 Å². The van der Waals surface area contributed by atoms with Gasteiger partial charge >= 0.3 is 5.97 Å². The molecule has 6 heteroatoms. The topological polar surface area (TPSA) is 75.1 Å². The number of hydrogen-bond donors (Lipinski definition) is 2. The average molecular weight is 244 g/mol. The molecule has 5 nitrogen and oxygen atoms in total. The summed E-state index contributed by atoms with van der Waals surface area (Å²) in [6, 6.07) is 3.11. The molecular formula is C10H14ClN3O2. The number of nitrogens with zero attached hydrogens (tertiary/aromatic N) is 2. The Morgan fingerprint density at radius 2 is 2.19 bits per heavy atom. The van der Waals surface area contributed by atoms with Crippen molar-refractivity contribution in [3.63, 3.8) is 0 Å². The molecule has 16 heavy (non-hydrogen) atoms. The van der Waals surface area contributed by atoms with Crippen molar-refractivity contribution in [3.8, 4) is 0 Å². The lowest BCUT2D eigenvalue weighted by molar-refractivity contribution is -0.137. The van der Waals surface area contributed by atoms with Crippen molar-refractivity contribution in [1.82, 2.24) is 10.2 Å². The lowest BCUT2D eigenvalue weighted by Crippen LogP contribution is -2.29. The largest absolute Gasteiger partial charge is 0.481 e. The molecule has 0 aromatic carbocycles. The Kier molecular flexibility index (Phi) is 4.49. The van der Waals surface area contributed by atoms with E-state index in [4.69, 9.17) is 16.7 Å². The highest BCUT2D eigenvalue weighted by molar-refractivity contribution is 6.29. The van der Waals surface area contributed by atoms with Crippen LogP contribution >= 0.6 is 11.6 Å². The molecule has 0 radical (unpaired) electrons. The van der Waals surface area contributed by atoms with Crippen LogP contribution in [0.3, 0.4) is 0 Å². The van der Waals surface area contributed by atoms with Gasteiger partial charge in [0.15, 0.2) is 5.15 Å². The summed E-state index contributed by atoms with van der Waals surface area (Å²) < 4.78 is 0. The second-order valence-electron chi connectivity index (χ2n) is 3.83. The van der Waals surface area contributed by atoms with Crippen LogP contribution in [-0.4, -0.2) is 27.3 Å². The number of nitrogens with one attached hydrogen (secondary N) is 1. The molecule has 1 heterocycles. The zero-order chi connectivity index (χ0) is 12.1. The minimum absolute atomic E-state index is 0.0436. The molecule has 1 rings (SSSR count). The Morgan fingerprint density at radius 1 is 1.50 bits per heavy atom. The molecule has 0 saturated carbocycles. The molecule has 0 saturated heterocycles. The van der Waals surface area contributed by atoms with Gasteiger partial charge in [0.2, 0.25) is 0 Å². The molecule has 0 amide bonds. The Morgan fingerprint density at radius 3 is 2.62 bits per heavy atom. The molecule has 1 aromatic rings. The first-order chi connectivity index (χ1) is 7.49. The smallest absolute Gasteiger partial charge is 0.305 e. The van der Waals surface area contributed by atoms with Crippen LogP contribution in [0.2, 0.25) is 5.15 Å². The van der Waals surface area contributed by atoms with Crippen molar-refractivity contribution < 1.29 is 9.90 Å². The van der Waals surface area contributed by atoms with Crippen LogP contribution in [0.25, 0.3) is 0 Å². The quantitative estimate of drug-likeness (QED) is 0.828. The summed E-state index contributed by atoms with van der Waals surface area (Å²) in [7, 11) is 0. The van der Waals surface area contributed by atoms with Gasteiger partial charge in [0.1, 0.15) is 5.82 Å². The van der Waals surface area contributed by atoms with E-state index in [0.717, 1.165) is 0 Å². The number of rotatable bonds is 5. The molecule has 0 aliphatic heterocycles. The highest BCUT2D eigenvalue weighted by Crippen LogP contribution is 2.13. The summed E-state index contributed by atoms with van der Waals surface area (Å²) in [5.74, 6) is -0.119. The van der Waals surface area contributed by atoms with Gasteiger partial charge in [-0.2, -0.15) is 0 Å². The molecule has 0 bridgehead atoms. The second kappa shape index (κ2) is 5.65. The van der Waals surface area contributed by atoms with Gasteiger partial charge in [-0.1, -0.05) is 25.4 Å². The molecule has 0 spiro atoms. The van der Waals surface area contributed by atoms with E-state index in [1.165, 1.54) is 0 Å². The van der Waals surface area contributed by atoms with Crippen molar-refractivity contribution in [3.05, 3.63) is 17.3 Å². The molecule has 88 valence electrons. The average Bonchev–Trinajstić information content (AvgIpc) is 2.19. The number of halogens is 1. The molecule has 1 unspecified atom stereocenters. The third-order valence-electron chi connectivity index (χ3n) is 2.16. The van der Waals surface area contributed by atoms with E-state index in [9.17, 15) is 4.79 Å². The summed E-state index contributed by atoms with van der Waals surface area (Å²) in [5, 5.41) is 19.6. The van der Waals surface area contributed by atoms with E-state index in [1.54, 1.807) is 12.1 Å². The minimum atomic E-state index is -0.840. The third kappa shape index (κ3) is 4.02. The summed E-state index contributed by atoms with van der Waals surface area (Å²) in [6.07, 6.45) is 0.0436. The van der Waals surface area contributed by atoms with Crippen LogP contribution in [0, 0.1) is 5.92 Å². The summed E-state index contributed by atoms with van der Waals surface area (Å²) in [5.41, 5.74) is 0. The van der Waals surface area contributed by atoms with E-state index in [1.807, 2.05) is 13.8 Å². The van der Waals surface area contributed by atoms with Gasteiger partial charge in [-0.05, 0) is 18.1 Å². The SMILES string of the molecule is CC(C)C(CC(=O)O)Nc1ccc(Cl)nn1. The highest BCUT2D eigenvalue weighted by Gasteiger charge is 2.17. The van der Waals surface area contributed by atoms with Crippen LogP contribution in [0.5, 0.6) is 0 Å². The van der Waals surface area contributed by atoms with E-state index in [0.29, 0.717) is 11.0 Å². The zero-order valence-electron chi connectivity index (χ0n) is 9.14. The van der Waals surface area contributed by atoms with Gasteiger partial charge in [0.25, 0.3) is 0 Å². The van der Waals surface area contributed by atoms with Gasteiger partial charge in [-0.3, -0.25) is 4.79 Å². The maximum Gasteiger partial charge on any atom is 0.305 e. The summed E-state index contributed by atoms with van der Waals surface area (Å²) >= 11 is 5.60. The van der Waals surface area contributed by atoms with Gasteiger partial charge in [-0.25, -0.2) is 0 Å². The van der Waals surface area contributed by atoms with Crippen LogP contribution < -0.4 is 5.32 Å². The van der Waals surface area contributed by atoms with Crippen molar-refractivity contribution in [2.75, 3.05) is 5.32 Å². The molecule has 1 aromatic heterocycles. The number of carboxylic acid groups (broad SMARTS) is 1. The number of hydrogen-bond acceptors (Lipinski definition) is 4. The van der Waals surface area contributed by atoms with Crippen LogP contribution in [0.4, 0.5) is 5.82 Å². The highest BCUT2D eigenvalue weighted by atomic mass is 35.5. The maximum atomic E-state index is 10.7. The number of carbonyl (C=O) groups is 1. The molecular weight excluding hydrogens is 230 g/mol. The fourth-order valence-electron chi connectivity index (χ4n) is 1.22. The van der Waals surface area contributed by atoms with Crippen LogP contribution in [0.15, 0.2) is 12.1 Å². The number of aliphatic carboxylic acids is 1. The van der Waals surface area contributed by atoms with Gasteiger partial charge in [0.05, 0.1) is 6.42 Å². The molecule has 0 aliphatic rings. The number of carboxylic acids is 1. The third-order valence-corrected chi connectivity index (χ3v) is 2.37. The van der Waals surface area contributed by atoms with Crippen molar-refractivity contribution >= 4 is 23.4 Å².